The number of ketones is 1. The Bertz CT molecular complexity index is 1320. The number of hydrogen-bond acceptors (Lipinski definition) is 8. The number of nitriles is 1. The van der Waals surface area contributed by atoms with Gasteiger partial charge in [0.25, 0.3) is 5.69 Å². The molecule has 1 heterocycles. The number of benzene rings is 2. The molecule has 1 atom stereocenters. The minimum Gasteiger partial charge on any atom is -0.489 e. The molecule has 0 bridgehead atoms. The van der Waals surface area contributed by atoms with Gasteiger partial charge in [-0.25, -0.2) is 0 Å². The molecule has 192 valence electrons. The van der Waals surface area contributed by atoms with E-state index in [0.717, 1.165) is 11.3 Å². The van der Waals surface area contributed by atoms with Crippen LogP contribution in [-0.4, -0.2) is 35.9 Å². The van der Waals surface area contributed by atoms with E-state index in [0.29, 0.717) is 54.3 Å². The second-order valence-electron chi connectivity index (χ2n) is 10.1. The quantitative estimate of drug-likeness (QED) is 0.411. The molecule has 0 saturated heterocycles. The Hall–Kier alpha value is -4.16. The number of nitro benzene ring substituents is 1. The fourth-order valence-corrected chi connectivity index (χ4v) is 5.03. The zero-order chi connectivity index (χ0) is 26.7. The van der Waals surface area contributed by atoms with E-state index in [-0.39, 0.29) is 23.5 Å². The van der Waals surface area contributed by atoms with Crippen molar-refractivity contribution in [3.8, 4) is 11.8 Å². The van der Waals surface area contributed by atoms with Crippen molar-refractivity contribution in [3.63, 3.8) is 0 Å². The third-order valence-electron chi connectivity index (χ3n) is 6.75. The molecule has 2 N–H and O–H groups in total. The van der Waals surface area contributed by atoms with E-state index < -0.39 is 10.8 Å². The van der Waals surface area contributed by atoms with Gasteiger partial charge in [-0.15, -0.1) is 0 Å². The van der Waals surface area contributed by atoms with Crippen LogP contribution in [0, 0.1) is 26.9 Å². The molecule has 0 unspecified atom stereocenters. The number of allylic oxidation sites excluding steroid dienone is 3. The second-order valence-corrected chi connectivity index (χ2v) is 10.1. The molecule has 0 amide bonds. The molecule has 4 rings (SSSR count). The van der Waals surface area contributed by atoms with E-state index in [1.54, 1.807) is 31.4 Å². The maximum Gasteiger partial charge on any atom is 0.269 e. The summed E-state index contributed by atoms with van der Waals surface area (Å²) < 4.78 is 11.1. The summed E-state index contributed by atoms with van der Waals surface area (Å²) in [6.07, 6.45) is 1.06. The van der Waals surface area contributed by atoms with Crippen LogP contribution in [0.3, 0.4) is 0 Å². The normalized spacial score (nSPS) is 18.9. The molecule has 1 aliphatic carbocycles. The molecule has 0 radical (unpaired) electrons. The van der Waals surface area contributed by atoms with Crippen LogP contribution in [0.15, 0.2) is 71.2 Å². The Morgan fingerprint density at radius 3 is 2.59 bits per heavy atom. The zero-order valence-electron chi connectivity index (χ0n) is 21.2. The Morgan fingerprint density at radius 2 is 1.95 bits per heavy atom. The highest BCUT2D eigenvalue weighted by atomic mass is 16.6. The van der Waals surface area contributed by atoms with Gasteiger partial charge in [-0.1, -0.05) is 38.1 Å². The lowest BCUT2D eigenvalue weighted by atomic mass is 9.68. The Kier molecular flexibility index (Phi) is 7.32. The molecule has 2 aromatic carbocycles. The minimum atomic E-state index is -0.562. The molecule has 0 fully saturated rings. The van der Waals surface area contributed by atoms with Crippen LogP contribution in [0.5, 0.6) is 5.75 Å². The highest BCUT2D eigenvalue weighted by molar-refractivity contribution is 6.00. The van der Waals surface area contributed by atoms with Gasteiger partial charge in [0.15, 0.2) is 5.78 Å². The van der Waals surface area contributed by atoms with E-state index in [9.17, 15) is 20.2 Å². The molecule has 0 saturated carbocycles. The number of nitro groups is 1. The Balaban J connectivity index is 1.65. The van der Waals surface area contributed by atoms with E-state index in [1.807, 2.05) is 17.0 Å². The van der Waals surface area contributed by atoms with Gasteiger partial charge in [0.2, 0.25) is 0 Å². The smallest absolute Gasteiger partial charge is 0.269 e. The van der Waals surface area contributed by atoms with E-state index in [1.165, 1.54) is 12.1 Å². The number of rotatable bonds is 8. The van der Waals surface area contributed by atoms with Gasteiger partial charge in [-0.05, 0) is 35.1 Å². The topological polar surface area (TPSA) is 132 Å². The van der Waals surface area contributed by atoms with Crippen molar-refractivity contribution in [1.82, 2.24) is 4.90 Å². The van der Waals surface area contributed by atoms with Gasteiger partial charge < -0.3 is 20.1 Å². The van der Waals surface area contributed by atoms with Gasteiger partial charge >= 0.3 is 0 Å². The summed E-state index contributed by atoms with van der Waals surface area (Å²) in [6.45, 7) is 5.15. The van der Waals surface area contributed by atoms with E-state index in [2.05, 4.69) is 19.9 Å². The minimum absolute atomic E-state index is 0.00565. The maximum atomic E-state index is 13.5. The monoisotopic (exact) mass is 502 g/mol. The molecule has 0 aromatic heterocycles. The second kappa shape index (κ2) is 10.4. The number of Topliss-reactive ketones (excluding diaryl/α,β-unsaturated/α-hetero) is 1. The fraction of sp³-hybridized carbons (Fsp3) is 0.357. The Labute approximate surface area is 215 Å². The number of carbonyl (C=O) groups is 1. The van der Waals surface area contributed by atoms with Crippen LogP contribution in [0.1, 0.15) is 43.7 Å². The summed E-state index contributed by atoms with van der Waals surface area (Å²) in [5, 5.41) is 21.1. The number of hydrogen-bond donors (Lipinski definition) is 1. The SMILES string of the molecule is COCCN1C(N)=C(C#N)[C@@H](c2ccc(OCc3cccc([N+](=O)[O-])c3)cc2)C2=C1CC(C)(C)CC2=O. The molecule has 37 heavy (non-hydrogen) atoms. The van der Waals surface area contributed by atoms with Crippen LogP contribution in [0.2, 0.25) is 0 Å². The van der Waals surface area contributed by atoms with Crippen LogP contribution < -0.4 is 10.5 Å². The zero-order valence-corrected chi connectivity index (χ0v) is 21.2. The van der Waals surface area contributed by atoms with Crippen molar-refractivity contribution in [2.45, 2.75) is 39.2 Å². The van der Waals surface area contributed by atoms with Crippen molar-refractivity contribution in [1.29, 1.82) is 5.26 Å². The van der Waals surface area contributed by atoms with E-state index in [4.69, 9.17) is 15.2 Å². The molecule has 2 aromatic rings. The Morgan fingerprint density at radius 1 is 1.22 bits per heavy atom. The molecule has 9 heteroatoms. The fourth-order valence-electron chi connectivity index (χ4n) is 5.03. The molecule has 0 spiro atoms. The first-order valence-electron chi connectivity index (χ1n) is 12.0. The van der Waals surface area contributed by atoms with Gasteiger partial charge in [0.1, 0.15) is 18.2 Å². The van der Waals surface area contributed by atoms with Crippen molar-refractivity contribution < 1.29 is 19.2 Å². The van der Waals surface area contributed by atoms with Crippen molar-refractivity contribution in [2.24, 2.45) is 11.1 Å². The van der Waals surface area contributed by atoms with E-state index >= 15 is 0 Å². The van der Waals surface area contributed by atoms with Gasteiger partial charge in [-0.3, -0.25) is 14.9 Å². The van der Waals surface area contributed by atoms with Gasteiger partial charge in [0.05, 0.1) is 29.1 Å². The summed E-state index contributed by atoms with van der Waals surface area (Å²) in [7, 11) is 1.60. The number of non-ortho nitro benzene ring substituents is 1. The lowest BCUT2D eigenvalue weighted by Crippen LogP contribution is -2.43. The summed E-state index contributed by atoms with van der Waals surface area (Å²) in [6, 6.07) is 15.8. The first-order chi connectivity index (χ1) is 17.6. The average Bonchev–Trinajstić information content (AvgIpc) is 2.86. The first kappa shape index (κ1) is 25.9. The standard InChI is InChI=1S/C28H30N4O5/c1-28(2)14-23-26(24(33)15-28)25(22(16-29)27(30)31(23)11-12-36-3)19-7-9-21(10-8-19)37-17-18-5-4-6-20(13-18)32(34)35/h4-10,13,25H,11-12,14-15,17,30H2,1-3H3/t25-/m1/s1. The highest BCUT2D eigenvalue weighted by Gasteiger charge is 2.44. The lowest BCUT2D eigenvalue weighted by Gasteiger charge is -2.43. The van der Waals surface area contributed by atoms with Crippen molar-refractivity contribution in [2.75, 3.05) is 20.3 Å². The summed E-state index contributed by atoms with van der Waals surface area (Å²) in [4.78, 5) is 25.9. The lowest BCUT2D eigenvalue weighted by molar-refractivity contribution is -0.384. The third-order valence-corrected chi connectivity index (χ3v) is 6.75. The molecule has 9 nitrogen and oxygen atoms in total. The molecular formula is C28H30N4O5. The van der Waals surface area contributed by atoms with Crippen LogP contribution in [0.4, 0.5) is 5.69 Å². The highest BCUT2D eigenvalue weighted by Crippen LogP contribution is 2.49. The predicted octanol–water partition coefficient (Wildman–Crippen LogP) is 4.56. The van der Waals surface area contributed by atoms with Crippen molar-refractivity contribution in [3.05, 3.63) is 92.4 Å². The number of nitrogens with zero attached hydrogens (tertiary/aromatic N) is 3. The predicted molar refractivity (Wildman–Crippen MR) is 137 cm³/mol. The van der Waals surface area contributed by atoms with Gasteiger partial charge in [-0.2, -0.15) is 5.26 Å². The first-order valence-corrected chi connectivity index (χ1v) is 12.0. The molecule has 2 aliphatic rings. The number of nitrogens with two attached hydrogens (primary N) is 1. The van der Waals surface area contributed by atoms with Crippen molar-refractivity contribution >= 4 is 11.5 Å². The largest absolute Gasteiger partial charge is 0.489 e. The molecular weight excluding hydrogens is 472 g/mol. The van der Waals surface area contributed by atoms with Crippen LogP contribution >= 0.6 is 0 Å². The maximum absolute atomic E-state index is 13.5. The van der Waals surface area contributed by atoms with Crippen LogP contribution in [-0.2, 0) is 16.1 Å². The summed E-state index contributed by atoms with van der Waals surface area (Å²) >= 11 is 0. The number of methoxy groups -OCH3 is 1. The number of carbonyl (C=O) groups excluding carboxylic acids is 1. The number of ether oxygens (including phenoxy) is 2. The van der Waals surface area contributed by atoms with Crippen LogP contribution in [0.25, 0.3) is 0 Å². The summed E-state index contributed by atoms with van der Waals surface area (Å²) in [5.74, 6) is 0.367. The summed E-state index contributed by atoms with van der Waals surface area (Å²) in [5.41, 5.74) is 9.57. The average molecular weight is 503 g/mol. The van der Waals surface area contributed by atoms with Gasteiger partial charge in [0, 0.05) is 43.5 Å². The third kappa shape index (κ3) is 5.34. The molecule has 1 aliphatic heterocycles.